The summed E-state index contributed by atoms with van der Waals surface area (Å²) in [5, 5.41) is 12.2. The largest absolute Gasteiger partial charge is 0.480 e. The molecule has 0 saturated carbocycles. The van der Waals surface area contributed by atoms with Gasteiger partial charge >= 0.3 is 5.97 Å². The van der Waals surface area contributed by atoms with Gasteiger partial charge in [0.25, 0.3) is 5.91 Å². The molecule has 1 aromatic carbocycles. The Hall–Kier alpha value is -2.31. The fraction of sp³-hybridized carbons (Fsp3) is 0.500. The van der Waals surface area contributed by atoms with Crippen LogP contribution in [-0.2, 0) is 11.3 Å². The number of carboxylic acid groups (broad SMARTS) is 1. The molecule has 5 nitrogen and oxygen atoms in total. The molecule has 0 spiro atoms. The average molecular weight is 485 g/mol. The quantitative estimate of drug-likeness (QED) is 0.360. The van der Waals surface area contributed by atoms with Crippen LogP contribution in [0.2, 0.25) is 0 Å². The van der Waals surface area contributed by atoms with Crippen LogP contribution >= 0.6 is 11.8 Å². The molecule has 6 heteroatoms. The summed E-state index contributed by atoms with van der Waals surface area (Å²) < 4.78 is 0. The molecule has 2 N–H and O–H groups in total. The highest BCUT2D eigenvalue weighted by Crippen LogP contribution is 2.23. The summed E-state index contributed by atoms with van der Waals surface area (Å²) in [6.45, 7) is 8.30. The van der Waals surface area contributed by atoms with Crippen LogP contribution in [0.25, 0.3) is 6.08 Å². The number of amides is 1. The molecule has 2 atom stereocenters. The first kappa shape index (κ1) is 27.9. The van der Waals surface area contributed by atoms with E-state index < -0.39 is 12.0 Å². The average Bonchev–Trinajstić information content (AvgIpc) is 2.81. The van der Waals surface area contributed by atoms with Crippen LogP contribution < -0.4 is 5.32 Å². The third-order valence-corrected chi connectivity index (χ3v) is 6.75. The maximum absolute atomic E-state index is 13.1. The second kappa shape index (κ2) is 14.8. The van der Waals surface area contributed by atoms with Crippen molar-refractivity contribution in [1.82, 2.24) is 10.2 Å². The van der Waals surface area contributed by atoms with Crippen molar-refractivity contribution < 1.29 is 14.7 Å². The second-order valence-electron chi connectivity index (χ2n) is 9.08. The van der Waals surface area contributed by atoms with Crippen LogP contribution in [-0.4, -0.2) is 52.5 Å². The monoisotopic (exact) mass is 484 g/mol. The van der Waals surface area contributed by atoms with Gasteiger partial charge in [-0.05, 0) is 81.3 Å². The molecule has 0 aliphatic carbocycles. The van der Waals surface area contributed by atoms with Gasteiger partial charge in [-0.3, -0.25) is 9.69 Å². The molecular formula is C28H40N2O3S. The fourth-order valence-corrected chi connectivity index (χ4v) is 4.69. The number of hydrogen-bond donors (Lipinski definition) is 2. The highest BCUT2D eigenvalue weighted by molar-refractivity contribution is 7.98. The zero-order chi connectivity index (χ0) is 24.9. The number of benzene rings is 1. The van der Waals surface area contributed by atoms with E-state index in [9.17, 15) is 14.7 Å². The number of likely N-dealkylation sites (tertiary alicyclic amines) is 1. The highest BCUT2D eigenvalue weighted by atomic mass is 32.2. The molecule has 1 aromatic rings. The zero-order valence-electron chi connectivity index (χ0n) is 21.0. The lowest BCUT2D eigenvalue weighted by atomic mass is 9.97. The van der Waals surface area contributed by atoms with E-state index in [-0.39, 0.29) is 5.91 Å². The Kier molecular flexibility index (Phi) is 12.2. The molecule has 1 aliphatic heterocycles. The molecule has 1 saturated heterocycles. The maximum Gasteiger partial charge on any atom is 0.326 e. The van der Waals surface area contributed by atoms with E-state index in [1.165, 1.54) is 30.4 Å². The first-order valence-corrected chi connectivity index (χ1v) is 13.6. The third-order valence-electron chi connectivity index (χ3n) is 6.11. The highest BCUT2D eigenvalue weighted by Gasteiger charge is 2.23. The standard InChI is InChI=1S/C28H40N2O3S/c1-5-24-13-9-10-17-30(24)20-22-14-15-25(23(19-22)12-8-6-7-11-21(2)3)27(31)29-26(28(32)33)16-18-34-4/h6-8,11-12,14-15,19,24,26H,5,9-10,13,16-18,20H2,1-4H3,(H,29,31)(H,32,33)/b7-6-,12-8+. The van der Waals surface area contributed by atoms with E-state index in [1.807, 2.05) is 62.6 Å². The molecule has 0 aromatic heterocycles. The van der Waals surface area contributed by atoms with Crippen LogP contribution in [0.15, 0.2) is 48.1 Å². The van der Waals surface area contributed by atoms with E-state index in [0.29, 0.717) is 23.8 Å². The number of rotatable bonds is 12. The number of nitrogens with one attached hydrogen (secondary N) is 1. The minimum atomic E-state index is -1.00. The first-order valence-electron chi connectivity index (χ1n) is 12.2. The molecule has 2 rings (SSSR count). The van der Waals surface area contributed by atoms with E-state index in [1.54, 1.807) is 11.8 Å². The predicted octanol–water partition coefficient (Wildman–Crippen LogP) is 5.92. The minimum Gasteiger partial charge on any atom is -0.480 e. The van der Waals surface area contributed by atoms with Gasteiger partial charge in [-0.15, -0.1) is 0 Å². The van der Waals surface area contributed by atoms with Gasteiger partial charge in [0.2, 0.25) is 0 Å². The number of carbonyl (C=O) groups excluding carboxylic acids is 1. The molecule has 2 unspecified atom stereocenters. The summed E-state index contributed by atoms with van der Waals surface area (Å²) in [7, 11) is 0. The van der Waals surface area contributed by atoms with Gasteiger partial charge < -0.3 is 10.4 Å². The van der Waals surface area contributed by atoms with Crippen molar-refractivity contribution in [3.05, 3.63) is 64.8 Å². The van der Waals surface area contributed by atoms with Crippen LogP contribution in [0.5, 0.6) is 0 Å². The minimum absolute atomic E-state index is 0.350. The number of carbonyl (C=O) groups is 2. The van der Waals surface area contributed by atoms with Crippen molar-refractivity contribution in [2.75, 3.05) is 18.6 Å². The van der Waals surface area contributed by atoms with Crippen LogP contribution in [0.3, 0.4) is 0 Å². The topological polar surface area (TPSA) is 69.6 Å². The van der Waals surface area contributed by atoms with Gasteiger partial charge in [0.05, 0.1) is 0 Å². The number of thioether (sulfide) groups is 1. The normalized spacial score (nSPS) is 17.7. The number of nitrogens with zero attached hydrogens (tertiary/aromatic N) is 1. The van der Waals surface area contributed by atoms with Gasteiger partial charge in [0.1, 0.15) is 6.04 Å². The number of carboxylic acids is 1. The molecule has 1 fully saturated rings. The zero-order valence-corrected chi connectivity index (χ0v) is 21.9. The molecule has 1 aliphatic rings. The predicted molar refractivity (Wildman–Crippen MR) is 144 cm³/mol. The Balaban J connectivity index is 2.29. The van der Waals surface area contributed by atoms with Gasteiger partial charge in [-0.25, -0.2) is 4.79 Å². The summed E-state index contributed by atoms with van der Waals surface area (Å²) in [5.41, 5.74) is 3.68. The van der Waals surface area contributed by atoms with E-state index in [0.717, 1.165) is 25.1 Å². The molecule has 0 bridgehead atoms. The van der Waals surface area contributed by atoms with Gasteiger partial charge in [0.15, 0.2) is 0 Å². The number of allylic oxidation sites excluding steroid dienone is 5. The lowest BCUT2D eigenvalue weighted by Gasteiger charge is -2.35. The van der Waals surface area contributed by atoms with Crippen molar-refractivity contribution in [2.45, 2.75) is 71.5 Å². The van der Waals surface area contributed by atoms with Crippen LogP contribution in [0, 0.1) is 0 Å². The van der Waals surface area contributed by atoms with Crippen molar-refractivity contribution >= 4 is 29.7 Å². The Morgan fingerprint density at radius 3 is 2.71 bits per heavy atom. The molecule has 0 radical (unpaired) electrons. The van der Waals surface area contributed by atoms with E-state index >= 15 is 0 Å². The van der Waals surface area contributed by atoms with Gasteiger partial charge in [0, 0.05) is 18.2 Å². The van der Waals surface area contributed by atoms with Crippen molar-refractivity contribution in [3.8, 4) is 0 Å². The first-order chi connectivity index (χ1) is 16.3. The Bertz CT molecular complexity index is 903. The maximum atomic E-state index is 13.1. The lowest BCUT2D eigenvalue weighted by molar-refractivity contribution is -0.139. The van der Waals surface area contributed by atoms with Crippen molar-refractivity contribution in [2.24, 2.45) is 0 Å². The fourth-order valence-electron chi connectivity index (χ4n) is 4.22. The molecular weight excluding hydrogens is 444 g/mol. The summed E-state index contributed by atoms with van der Waals surface area (Å²) in [6.07, 6.45) is 17.0. The second-order valence-corrected chi connectivity index (χ2v) is 10.1. The Morgan fingerprint density at radius 1 is 1.24 bits per heavy atom. The summed E-state index contributed by atoms with van der Waals surface area (Å²) in [4.78, 5) is 27.2. The van der Waals surface area contributed by atoms with Crippen LogP contribution in [0.4, 0.5) is 0 Å². The number of hydrogen-bond acceptors (Lipinski definition) is 4. The SMILES string of the molecule is CCC1CCCCN1Cc1ccc(C(=O)NC(CCSC)C(=O)O)c(/C=C/C=C\C=C(C)C)c1. The van der Waals surface area contributed by atoms with E-state index in [2.05, 4.69) is 23.2 Å². The van der Waals surface area contributed by atoms with Gasteiger partial charge in [-0.2, -0.15) is 11.8 Å². The molecule has 186 valence electrons. The smallest absolute Gasteiger partial charge is 0.326 e. The lowest BCUT2D eigenvalue weighted by Crippen LogP contribution is -2.41. The number of piperidine rings is 1. The Morgan fingerprint density at radius 2 is 2.03 bits per heavy atom. The van der Waals surface area contributed by atoms with Crippen molar-refractivity contribution in [3.63, 3.8) is 0 Å². The van der Waals surface area contributed by atoms with Crippen molar-refractivity contribution in [1.29, 1.82) is 0 Å². The summed E-state index contributed by atoms with van der Waals surface area (Å²) >= 11 is 1.57. The third kappa shape index (κ3) is 9.15. The molecule has 1 heterocycles. The summed E-state index contributed by atoms with van der Waals surface area (Å²) in [6, 6.07) is 5.62. The summed E-state index contributed by atoms with van der Waals surface area (Å²) in [5.74, 6) is -0.680. The Labute approximate surface area is 209 Å². The van der Waals surface area contributed by atoms with Crippen LogP contribution in [0.1, 0.15) is 74.4 Å². The van der Waals surface area contributed by atoms with E-state index in [4.69, 9.17) is 0 Å². The number of aliphatic carboxylic acids is 1. The molecule has 34 heavy (non-hydrogen) atoms. The molecule has 1 amide bonds. The van der Waals surface area contributed by atoms with Gasteiger partial charge in [-0.1, -0.05) is 55.4 Å².